The molecule has 2 unspecified atom stereocenters. The molecule has 1 saturated carbocycles. The summed E-state index contributed by atoms with van der Waals surface area (Å²) in [5.41, 5.74) is 1.86. The summed E-state index contributed by atoms with van der Waals surface area (Å²) in [6, 6.07) is 8.23. The number of β-amino-alcohol motifs (C(OH)–C–C–N with tert-alkyl or cyclic N) is 1. The number of hydrogen-bond donors (Lipinski definition) is 1. The van der Waals surface area contributed by atoms with Crippen molar-refractivity contribution in [1.29, 1.82) is 0 Å². The second-order valence-corrected chi connectivity index (χ2v) is 6.87. The largest absolute Gasteiger partial charge is 0.387 e. The van der Waals surface area contributed by atoms with Crippen LogP contribution in [-0.2, 0) is 11.2 Å². The van der Waals surface area contributed by atoms with Crippen molar-refractivity contribution in [2.45, 2.75) is 45.1 Å². The number of carbonyl (C=O) groups is 1. The Morgan fingerprint density at radius 3 is 2.76 bits per heavy atom. The quantitative estimate of drug-likeness (QED) is 0.924. The lowest BCUT2D eigenvalue weighted by molar-refractivity contribution is -0.131. The lowest BCUT2D eigenvalue weighted by Gasteiger charge is -2.26. The van der Waals surface area contributed by atoms with E-state index in [4.69, 9.17) is 0 Å². The van der Waals surface area contributed by atoms with Gasteiger partial charge in [0.2, 0.25) is 5.91 Å². The molecule has 1 heterocycles. The Labute approximate surface area is 127 Å². The molecule has 2 atom stereocenters. The number of likely N-dealkylation sites (tertiary alicyclic amines) is 1. The molecule has 1 amide bonds. The van der Waals surface area contributed by atoms with Gasteiger partial charge in [-0.05, 0) is 43.2 Å². The van der Waals surface area contributed by atoms with E-state index in [2.05, 4.69) is 26.0 Å². The van der Waals surface area contributed by atoms with Crippen molar-refractivity contribution in [2.24, 2.45) is 11.8 Å². The van der Waals surface area contributed by atoms with Gasteiger partial charge in [0, 0.05) is 25.4 Å². The molecular weight excluding hydrogens is 262 g/mol. The Morgan fingerprint density at radius 1 is 1.38 bits per heavy atom. The third kappa shape index (κ3) is 2.84. The number of amides is 1. The zero-order valence-corrected chi connectivity index (χ0v) is 13.0. The third-order valence-electron chi connectivity index (χ3n) is 5.30. The fourth-order valence-corrected chi connectivity index (χ4v) is 3.61. The zero-order valence-electron chi connectivity index (χ0n) is 13.0. The van der Waals surface area contributed by atoms with E-state index < -0.39 is 5.60 Å². The van der Waals surface area contributed by atoms with Gasteiger partial charge in [-0.3, -0.25) is 4.79 Å². The van der Waals surface area contributed by atoms with Gasteiger partial charge in [0.05, 0.1) is 5.60 Å². The van der Waals surface area contributed by atoms with Crippen LogP contribution in [0.1, 0.15) is 37.3 Å². The predicted octanol–water partition coefficient (Wildman–Crippen LogP) is 2.55. The molecule has 1 aromatic carbocycles. The molecule has 1 saturated heterocycles. The van der Waals surface area contributed by atoms with Gasteiger partial charge in [-0.15, -0.1) is 0 Å². The molecule has 2 fully saturated rings. The molecule has 0 bridgehead atoms. The summed E-state index contributed by atoms with van der Waals surface area (Å²) < 4.78 is 0. The number of hydrogen-bond acceptors (Lipinski definition) is 2. The number of benzene rings is 1. The average Bonchev–Trinajstić information content (AvgIpc) is 3.26. The fraction of sp³-hybridized carbons (Fsp3) is 0.611. The molecule has 3 heteroatoms. The van der Waals surface area contributed by atoms with E-state index >= 15 is 0 Å². The number of carbonyl (C=O) groups excluding carboxylic acids is 1. The minimum atomic E-state index is -0.627. The highest BCUT2D eigenvalue weighted by atomic mass is 16.3. The highest BCUT2D eigenvalue weighted by Gasteiger charge is 2.53. The zero-order chi connectivity index (χ0) is 15.0. The van der Waals surface area contributed by atoms with Gasteiger partial charge in [0.25, 0.3) is 0 Å². The van der Waals surface area contributed by atoms with E-state index in [9.17, 15) is 9.90 Å². The Kier molecular flexibility index (Phi) is 3.78. The molecule has 0 radical (unpaired) electrons. The molecule has 1 aromatic rings. The van der Waals surface area contributed by atoms with Crippen molar-refractivity contribution >= 4 is 5.91 Å². The minimum absolute atomic E-state index is 0.182. The molecule has 3 rings (SSSR count). The van der Waals surface area contributed by atoms with Gasteiger partial charge in [-0.25, -0.2) is 0 Å². The molecule has 21 heavy (non-hydrogen) atoms. The summed E-state index contributed by atoms with van der Waals surface area (Å²) in [6.07, 6.45) is 3.56. The van der Waals surface area contributed by atoms with Crippen LogP contribution in [0.25, 0.3) is 0 Å². The van der Waals surface area contributed by atoms with Crippen LogP contribution < -0.4 is 0 Å². The van der Waals surface area contributed by atoms with Crippen LogP contribution in [0.4, 0.5) is 0 Å². The van der Waals surface area contributed by atoms with Gasteiger partial charge in [0.15, 0.2) is 0 Å². The minimum Gasteiger partial charge on any atom is -0.387 e. The number of aryl methyl sites for hydroxylation is 2. The molecule has 1 N–H and O–H groups in total. The first-order chi connectivity index (χ1) is 10.0. The summed E-state index contributed by atoms with van der Waals surface area (Å²) in [7, 11) is 0. The van der Waals surface area contributed by atoms with Crippen LogP contribution in [0, 0.1) is 18.8 Å². The van der Waals surface area contributed by atoms with Gasteiger partial charge >= 0.3 is 0 Å². The van der Waals surface area contributed by atoms with Crippen molar-refractivity contribution in [3.05, 3.63) is 35.4 Å². The van der Waals surface area contributed by atoms with E-state index in [-0.39, 0.29) is 11.8 Å². The Hall–Kier alpha value is -1.35. The first-order valence-electron chi connectivity index (χ1n) is 8.05. The van der Waals surface area contributed by atoms with Crippen LogP contribution in [0.3, 0.4) is 0 Å². The maximum Gasteiger partial charge on any atom is 0.223 e. The van der Waals surface area contributed by atoms with Crippen LogP contribution in [0.5, 0.6) is 0 Å². The summed E-state index contributed by atoms with van der Waals surface area (Å²) in [5, 5.41) is 10.8. The van der Waals surface area contributed by atoms with Crippen LogP contribution in [0.15, 0.2) is 24.3 Å². The maximum absolute atomic E-state index is 12.4. The van der Waals surface area contributed by atoms with Gasteiger partial charge < -0.3 is 10.0 Å². The SMILES string of the molecule is Cc1ccccc1CCC(=O)N1CC(C)C(O)(C2CC2)C1. The normalized spacial score (nSPS) is 28.9. The Bertz CT molecular complexity index is 538. The molecule has 1 aliphatic carbocycles. The van der Waals surface area contributed by atoms with Crippen LogP contribution in [0.2, 0.25) is 0 Å². The van der Waals surface area contributed by atoms with Crippen molar-refractivity contribution in [3.8, 4) is 0 Å². The molecule has 2 aliphatic rings. The summed E-state index contributed by atoms with van der Waals surface area (Å²) >= 11 is 0. The monoisotopic (exact) mass is 287 g/mol. The summed E-state index contributed by atoms with van der Waals surface area (Å²) in [4.78, 5) is 14.3. The highest BCUT2D eigenvalue weighted by Crippen LogP contribution is 2.47. The molecule has 114 valence electrons. The number of aliphatic hydroxyl groups is 1. The molecule has 0 aromatic heterocycles. The first kappa shape index (κ1) is 14.6. The summed E-state index contributed by atoms with van der Waals surface area (Å²) in [6.45, 7) is 5.40. The van der Waals surface area contributed by atoms with E-state index in [0.29, 0.717) is 25.4 Å². The van der Waals surface area contributed by atoms with E-state index in [1.165, 1.54) is 11.1 Å². The molecular formula is C18H25NO2. The second kappa shape index (κ2) is 5.45. The number of nitrogens with zero attached hydrogens (tertiary/aromatic N) is 1. The molecule has 3 nitrogen and oxygen atoms in total. The standard InChI is InChI=1S/C18H25NO2/c1-13-5-3-4-6-15(13)7-10-17(20)19-11-14(2)18(21,12-19)16-8-9-16/h3-6,14,16,21H,7-12H2,1-2H3. The fourth-order valence-electron chi connectivity index (χ4n) is 3.61. The van der Waals surface area contributed by atoms with Crippen LogP contribution in [-0.4, -0.2) is 34.6 Å². The van der Waals surface area contributed by atoms with Crippen molar-refractivity contribution in [3.63, 3.8) is 0 Å². The van der Waals surface area contributed by atoms with E-state index in [1.54, 1.807) is 0 Å². The first-order valence-corrected chi connectivity index (χ1v) is 8.05. The maximum atomic E-state index is 12.4. The highest BCUT2D eigenvalue weighted by molar-refractivity contribution is 5.77. The van der Waals surface area contributed by atoms with Crippen molar-refractivity contribution < 1.29 is 9.90 Å². The van der Waals surface area contributed by atoms with E-state index in [1.807, 2.05) is 17.0 Å². The smallest absolute Gasteiger partial charge is 0.223 e. The van der Waals surface area contributed by atoms with Crippen molar-refractivity contribution in [1.82, 2.24) is 4.90 Å². The molecule has 0 spiro atoms. The lowest BCUT2D eigenvalue weighted by Crippen LogP contribution is -2.40. The second-order valence-electron chi connectivity index (χ2n) is 6.87. The van der Waals surface area contributed by atoms with Gasteiger partial charge in [-0.1, -0.05) is 31.2 Å². The van der Waals surface area contributed by atoms with Crippen LogP contribution >= 0.6 is 0 Å². The Morgan fingerprint density at radius 2 is 2.10 bits per heavy atom. The van der Waals surface area contributed by atoms with Gasteiger partial charge in [-0.2, -0.15) is 0 Å². The van der Waals surface area contributed by atoms with Crippen molar-refractivity contribution in [2.75, 3.05) is 13.1 Å². The topological polar surface area (TPSA) is 40.5 Å². The molecule has 1 aliphatic heterocycles. The summed E-state index contributed by atoms with van der Waals surface area (Å²) in [5.74, 6) is 0.802. The average molecular weight is 287 g/mol. The Balaban J connectivity index is 1.58. The predicted molar refractivity (Wildman–Crippen MR) is 82.9 cm³/mol. The third-order valence-corrected chi connectivity index (χ3v) is 5.30. The number of rotatable bonds is 4. The lowest BCUT2D eigenvalue weighted by atomic mass is 9.88. The van der Waals surface area contributed by atoms with Gasteiger partial charge in [0.1, 0.15) is 0 Å². The van der Waals surface area contributed by atoms with E-state index in [0.717, 1.165) is 19.3 Å².